The average Bonchev–Trinajstić information content (AvgIpc) is 2.91. The summed E-state index contributed by atoms with van der Waals surface area (Å²) in [7, 11) is 0. The van der Waals surface area contributed by atoms with Gasteiger partial charge in [-0.05, 0) is 60.7 Å². The van der Waals surface area contributed by atoms with Gasteiger partial charge in [-0.1, -0.05) is 36.8 Å². The molecule has 1 aromatic heterocycles. The summed E-state index contributed by atoms with van der Waals surface area (Å²) in [5, 5.41) is 8.10. The second kappa shape index (κ2) is 7.46. The first-order chi connectivity index (χ1) is 9.28. The van der Waals surface area contributed by atoms with Crippen molar-refractivity contribution in [2.45, 2.75) is 39.2 Å². The molecule has 2 aromatic rings. The van der Waals surface area contributed by atoms with Crippen LogP contribution in [0.25, 0.3) is 0 Å². The fourth-order valence-electron chi connectivity index (χ4n) is 2.27. The van der Waals surface area contributed by atoms with E-state index in [1.54, 1.807) is 11.3 Å². The summed E-state index contributed by atoms with van der Waals surface area (Å²) in [4.78, 5) is 0. The highest BCUT2D eigenvalue weighted by Crippen LogP contribution is 2.13. The van der Waals surface area contributed by atoms with Crippen molar-refractivity contribution in [1.29, 1.82) is 0 Å². The molecule has 19 heavy (non-hydrogen) atoms. The smallest absolute Gasteiger partial charge is 0.0148 e. The van der Waals surface area contributed by atoms with Crippen molar-refractivity contribution in [3.8, 4) is 0 Å². The quantitative estimate of drug-likeness (QED) is 0.797. The predicted octanol–water partition coefficient (Wildman–Crippen LogP) is 4.21. The van der Waals surface area contributed by atoms with Crippen LogP contribution in [0.5, 0.6) is 0 Å². The maximum absolute atomic E-state index is 3.68. The highest BCUT2D eigenvalue weighted by Gasteiger charge is 2.10. The van der Waals surface area contributed by atoms with E-state index in [9.17, 15) is 0 Å². The molecular formula is C17H23NS. The van der Waals surface area contributed by atoms with Gasteiger partial charge in [-0.2, -0.15) is 11.3 Å². The lowest BCUT2D eigenvalue weighted by Gasteiger charge is -2.18. The molecule has 0 aliphatic heterocycles. The molecule has 0 saturated heterocycles. The minimum absolute atomic E-state index is 0.539. The first kappa shape index (κ1) is 14.3. The van der Waals surface area contributed by atoms with Crippen LogP contribution in [0.15, 0.2) is 41.1 Å². The van der Waals surface area contributed by atoms with Gasteiger partial charge >= 0.3 is 0 Å². The van der Waals surface area contributed by atoms with Gasteiger partial charge in [0, 0.05) is 6.04 Å². The van der Waals surface area contributed by atoms with E-state index in [1.807, 2.05) is 0 Å². The Morgan fingerprint density at radius 2 is 1.79 bits per heavy atom. The molecule has 0 amide bonds. The fourth-order valence-corrected chi connectivity index (χ4v) is 2.95. The normalized spacial score (nSPS) is 12.5. The van der Waals surface area contributed by atoms with Gasteiger partial charge in [-0.3, -0.25) is 0 Å². The molecule has 1 aromatic carbocycles. The zero-order chi connectivity index (χ0) is 13.5. The van der Waals surface area contributed by atoms with Crippen LogP contribution in [0.1, 0.15) is 30.0 Å². The summed E-state index contributed by atoms with van der Waals surface area (Å²) in [6.45, 7) is 5.46. The Balaban J connectivity index is 1.98. The standard InChI is InChI=1S/C17H23NS/c1-3-9-18-17(12-16-8-10-19-13-16)11-15-6-4-14(2)5-7-15/h4-8,10,13,17-18H,3,9,11-12H2,1-2H3. The lowest BCUT2D eigenvalue weighted by molar-refractivity contribution is 0.505. The molecule has 1 atom stereocenters. The lowest BCUT2D eigenvalue weighted by Crippen LogP contribution is -2.33. The highest BCUT2D eigenvalue weighted by atomic mass is 32.1. The fraction of sp³-hybridized carbons (Fsp3) is 0.412. The van der Waals surface area contributed by atoms with Gasteiger partial charge in [0.2, 0.25) is 0 Å². The minimum Gasteiger partial charge on any atom is -0.313 e. The maximum Gasteiger partial charge on any atom is 0.0148 e. The molecule has 102 valence electrons. The number of hydrogen-bond acceptors (Lipinski definition) is 2. The summed E-state index contributed by atoms with van der Waals surface area (Å²) < 4.78 is 0. The summed E-state index contributed by atoms with van der Waals surface area (Å²) >= 11 is 1.79. The summed E-state index contributed by atoms with van der Waals surface area (Å²) in [6.07, 6.45) is 3.42. The highest BCUT2D eigenvalue weighted by molar-refractivity contribution is 7.07. The van der Waals surface area contributed by atoms with Crippen LogP contribution in [0.4, 0.5) is 0 Å². The molecular weight excluding hydrogens is 250 g/mol. The topological polar surface area (TPSA) is 12.0 Å². The molecule has 0 bridgehead atoms. The van der Waals surface area contributed by atoms with Crippen molar-refractivity contribution in [3.05, 3.63) is 57.8 Å². The third-order valence-electron chi connectivity index (χ3n) is 3.35. The molecule has 1 N–H and O–H groups in total. The first-order valence-corrected chi connectivity index (χ1v) is 8.02. The van der Waals surface area contributed by atoms with Gasteiger partial charge < -0.3 is 5.32 Å². The maximum atomic E-state index is 3.68. The van der Waals surface area contributed by atoms with Crippen molar-refractivity contribution in [1.82, 2.24) is 5.32 Å². The third-order valence-corrected chi connectivity index (χ3v) is 4.08. The SMILES string of the molecule is CCCNC(Cc1ccc(C)cc1)Cc1ccsc1. The van der Waals surface area contributed by atoms with Gasteiger partial charge in [-0.15, -0.1) is 0 Å². The molecule has 0 aliphatic rings. The Labute approximate surface area is 120 Å². The van der Waals surface area contributed by atoms with Crippen LogP contribution in [0, 0.1) is 6.92 Å². The van der Waals surface area contributed by atoms with E-state index in [2.05, 4.69) is 60.3 Å². The molecule has 0 spiro atoms. The Bertz CT molecular complexity index is 459. The van der Waals surface area contributed by atoms with Gasteiger partial charge in [0.1, 0.15) is 0 Å². The average molecular weight is 273 g/mol. The number of aryl methyl sites for hydroxylation is 1. The van der Waals surface area contributed by atoms with Gasteiger partial charge in [-0.25, -0.2) is 0 Å². The van der Waals surface area contributed by atoms with E-state index < -0.39 is 0 Å². The van der Waals surface area contributed by atoms with Crippen molar-refractivity contribution in [3.63, 3.8) is 0 Å². The Morgan fingerprint density at radius 3 is 2.42 bits per heavy atom. The molecule has 1 heterocycles. The zero-order valence-electron chi connectivity index (χ0n) is 11.9. The van der Waals surface area contributed by atoms with Crippen LogP contribution in [-0.4, -0.2) is 12.6 Å². The Kier molecular flexibility index (Phi) is 5.62. The lowest BCUT2D eigenvalue weighted by atomic mass is 9.99. The monoisotopic (exact) mass is 273 g/mol. The van der Waals surface area contributed by atoms with Gasteiger partial charge in [0.15, 0.2) is 0 Å². The number of thiophene rings is 1. The first-order valence-electron chi connectivity index (χ1n) is 7.08. The van der Waals surface area contributed by atoms with E-state index in [1.165, 1.54) is 23.1 Å². The molecule has 0 aliphatic carbocycles. The van der Waals surface area contributed by atoms with E-state index >= 15 is 0 Å². The Hall–Kier alpha value is -1.12. The van der Waals surface area contributed by atoms with Crippen LogP contribution < -0.4 is 5.32 Å². The number of hydrogen-bond donors (Lipinski definition) is 1. The molecule has 0 saturated carbocycles. The van der Waals surface area contributed by atoms with E-state index in [4.69, 9.17) is 0 Å². The van der Waals surface area contributed by atoms with Crippen LogP contribution in [-0.2, 0) is 12.8 Å². The van der Waals surface area contributed by atoms with Crippen molar-refractivity contribution in [2.24, 2.45) is 0 Å². The van der Waals surface area contributed by atoms with Crippen molar-refractivity contribution in [2.75, 3.05) is 6.54 Å². The number of nitrogens with one attached hydrogen (secondary N) is 1. The molecule has 2 heteroatoms. The van der Waals surface area contributed by atoms with Crippen LogP contribution in [0.2, 0.25) is 0 Å². The van der Waals surface area contributed by atoms with E-state index in [0.717, 1.165) is 19.4 Å². The third kappa shape index (κ3) is 4.81. The minimum atomic E-state index is 0.539. The summed E-state index contributed by atoms with van der Waals surface area (Å²) in [6, 6.07) is 11.7. The second-order valence-corrected chi connectivity index (χ2v) is 5.96. The van der Waals surface area contributed by atoms with Crippen molar-refractivity contribution < 1.29 is 0 Å². The number of rotatable bonds is 7. The summed E-state index contributed by atoms with van der Waals surface area (Å²) in [5.41, 5.74) is 4.21. The van der Waals surface area contributed by atoms with Gasteiger partial charge in [0.05, 0.1) is 0 Å². The molecule has 0 radical (unpaired) electrons. The van der Waals surface area contributed by atoms with E-state index in [0.29, 0.717) is 6.04 Å². The molecule has 2 rings (SSSR count). The zero-order valence-corrected chi connectivity index (χ0v) is 12.7. The Morgan fingerprint density at radius 1 is 1.05 bits per heavy atom. The van der Waals surface area contributed by atoms with E-state index in [-0.39, 0.29) is 0 Å². The van der Waals surface area contributed by atoms with Crippen LogP contribution in [0.3, 0.4) is 0 Å². The molecule has 0 fully saturated rings. The number of benzene rings is 1. The van der Waals surface area contributed by atoms with Crippen LogP contribution >= 0.6 is 11.3 Å². The molecule has 1 nitrogen and oxygen atoms in total. The molecule has 1 unspecified atom stereocenters. The van der Waals surface area contributed by atoms with Crippen molar-refractivity contribution >= 4 is 11.3 Å². The largest absolute Gasteiger partial charge is 0.313 e. The van der Waals surface area contributed by atoms with Gasteiger partial charge in [0.25, 0.3) is 0 Å². The predicted molar refractivity (Wildman–Crippen MR) is 85.0 cm³/mol. The summed E-state index contributed by atoms with van der Waals surface area (Å²) in [5.74, 6) is 0. The second-order valence-electron chi connectivity index (χ2n) is 5.18.